The van der Waals surface area contributed by atoms with E-state index in [0.717, 1.165) is 5.56 Å². The van der Waals surface area contributed by atoms with Gasteiger partial charge in [-0.3, -0.25) is 4.99 Å². The molecule has 0 saturated heterocycles. The van der Waals surface area contributed by atoms with Gasteiger partial charge in [0.05, 0.1) is 4.90 Å². The van der Waals surface area contributed by atoms with Crippen LogP contribution >= 0.6 is 24.0 Å². The minimum atomic E-state index is -3.65. The highest BCUT2D eigenvalue weighted by molar-refractivity contribution is 14.0. The van der Waals surface area contributed by atoms with Crippen LogP contribution in [0.5, 0.6) is 0 Å². The molecule has 2 aromatic rings. The van der Waals surface area contributed by atoms with Crippen molar-refractivity contribution in [2.24, 2.45) is 10.1 Å². The quantitative estimate of drug-likeness (QED) is 0.352. The number of guanidine groups is 1. The Morgan fingerprint density at radius 1 is 1.04 bits per heavy atom. The average molecular weight is 474 g/mol. The number of aryl methyl sites for hydroxylation is 1. The van der Waals surface area contributed by atoms with Crippen LogP contribution in [-0.2, 0) is 23.1 Å². The number of benzene rings is 2. The summed E-state index contributed by atoms with van der Waals surface area (Å²) in [6.45, 7) is 3.26. The third-order valence-corrected chi connectivity index (χ3v) is 4.41. The monoisotopic (exact) mass is 474 g/mol. The van der Waals surface area contributed by atoms with E-state index in [1.54, 1.807) is 19.2 Å². The lowest BCUT2D eigenvalue weighted by Crippen LogP contribution is -2.36. The Hall–Kier alpha value is -1.65. The van der Waals surface area contributed by atoms with Crippen LogP contribution in [0.2, 0.25) is 0 Å². The van der Waals surface area contributed by atoms with Crippen molar-refractivity contribution in [2.75, 3.05) is 7.05 Å². The number of sulfonamides is 1. The zero-order valence-corrected chi connectivity index (χ0v) is 17.3. The first-order valence-corrected chi connectivity index (χ1v) is 9.05. The maximum absolute atomic E-state index is 11.2. The molecular formula is C17H23IN4O2S. The van der Waals surface area contributed by atoms with Gasteiger partial charge in [-0.15, -0.1) is 24.0 Å². The van der Waals surface area contributed by atoms with E-state index in [1.807, 2.05) is 6.07 Å². The molecule has 0 bridgehead atoms. The molecule has 0 saturated carbocycles. The lowest BCUT2D eigenvalue weighted by atomic mass is 10.1. The summed E-state index contributed by atoms with van der Waals surface area (Å²) in [6, 6.07) is 14.7. The van der Waals surface area contributed by atoms with Crippen LogP contribution in [-0.4, -0.2) is 21.4 Å². The predicted molar refractivity (Wildman–Crippen MR) is 111 cm³/mol. The van der Waals surface area contributed by atoms with Gasteiger partial charge in [-0.25, -0.2) is 13.6 Å². The van der Waals surface area contributed by atoms with Crippen LogP contribution in [0, 0.1) is 6.92 Å². The second-order valence-electron chi connectivity index (χ2n) is 5.46. The number of rotatable bonds is 5. The van der Waals surface area contributed by atoms with E-state index in [-0.39, 0.29) is 28.9 Å². The fourth-order valence-corrected chi connectivity index (χ4v) is 2.73. The van der Waals surface area contributed by atoms with Crippen LogP contribution in [0.3, 0.4) is 0 Å². The van der Waals surface area contributed by atoms with Crippen LogP contribution < -0.4 is 15.8 Å². The smallest absolute Gasteiger partial charge is 0.238 e. The summed E-state index contributed by atoms with van der Waals surface area (Å²) in [5, 5.41) is 11.5. The van der Waals surface area contributed by atoms with Gasteiger partial charge in [-0.05, 0) is 30.2 Å². The Kier molecular flexibility index (Phi) is 8.33. The van der Waals surface area contributed by atoms with Crippen LogP contribution in [0.4, 0.5) is 0 Å². The fourth-order valence-electron chi connectivity index (χ4n) is 2.21. The summed E-state index contributed by atoms with van der Waals surface area (Å²) < 4.78 is 22.5. The van der Waals surface area contributed by atoms with Gasteiger partial charge < -0.3 is 10.6 Å². The third-order valence-electron chi connectivity index (χ3n) is 3.48. The lowest BCUT2D eigenvalue weighted by Gasteiger charge is -2.12. The van der Waals surface area contributed by atoms with Crippen molar-refractivity contribution in [3.8, 4) is 0 Å². The van der Waals surface area contributed by atoms with Crippen LogP contribution in [0.25, 0.3) is 0 Å². The summed E-state index contributed by atoms with van der Waals surface area (Å²) in [4.78, 5) is 4.28. The van der Waals surface area contributed by atoms with Gasteiger partial charge in [-0.1, -0.05) is 42.0 Å². The van der Waals surface area contributed by atoms with Crippen molar-refractivity contribution in [3.05, 3.63) is 65.2 Å². The molecular weight excluding hydrogens is 451 g/mol. The summed E-state index contributed by atoms with van der Waals surface area (Å²) in [5.74, 6) is 0.673. The number of primary sulfonamides is 1. The van der Waals surface area contributed by atoms with Crippen molar-refractivity contribution in [3.63, 3.8) is 0 Å². The first kappa shape index (κ1) is 21.4. The molecule has 2 aromatic carbocycles. The Bertz CT molecular complexity index is 821. The van der Waals surface area contributed by atoms with E-state index >= 15 is 0 Å². The second-order valence-corrected chi connectivity index (χ2v) is 7.02. The van der Waals surface area contributed by atoms with Crippen molar-refractivity contribution >= 4 is 40.0 Å². The first-order chi connectivity index (χ1) is 11.4. The minimum absolute atomic E-state index is 0. The molecule has 0 fully saturated rings. The number of halogens is 1. The molecule has 136 valence electrons. The topological polar surface area (TPSA) is 96.6 Å². The highest BCUT2D eigenvalue weighted by Gasteiger charge is 2.06. The van der Waals surface area contributed by atoms with Gasteiger partial charge in [0.2, 0.25) is 10.0 Å². The summed E-state index contributed by atoms with van der Waals surface area (Å²) in [7, 11) is -1.95. The Morgan fingerprint density at radius 3 is 2.16 bits per heavy atom. The summed E-state index contributed by atoms with van der Waals surface area (Å²) >= 11 is 0. The first-order valence-electron chi connectivity index (χ1n) is 7.50. The van der Waals surface area contributed by atoms with E-state index in [0.29, 0.717) is 19.0 Å². The van der Waals surface area contributed by atoms with Gasteiger partial charge in [0.15, 0.2) is 5.96 Å². The highest BCUT2D eigenvalue weighted by Crippen LogP contribution is 2.08. The molecule has 0 spiro atoms. The van der Waals surface area contributed by atoms with E-state index < -0.39 is 10.0 Å². The standard InChI is InChI=1S/C17H22N4O2S.HI/c1-13-4-3-5-15(10-13)12-21-17(19-2)20-11-14-6-8-16(9-7-14)24(18,22)23;/h3-10H,11-12H2,1-2H3,(H2,18,22,23)(H2,19,20,21);1H. The van der Waals surface area contributed by atoms with Crippen LogP contribution in [0.15, 0.2) is 58.4 Å². The second kappa shape index (κ2) is 9.73. The zero-order valence-electron chi connectivity index (χ0n) is 14.2. The molecule has 8 heteroatoms. The molecule has 0 atom stereocenters. The van der Waals surface area contributed by atoms with Gasteiger partial charge in [-0.2, -0.15) is 0 Å². The number of hydrogen-bond donors (Lipinski definition) is 3. The Balaban J connectivity index is 0.00000312. The number of nitrogens with two attached hydrogens (primary N) is 1. The highest BCUT2D eigenvalue weighted by atomic mass is 127. The van der Waals surface area contributed by atoms with E-state index in [4.69, 9.17) is 5.14 Å². The average Bonchev–Trinajstić information content (AvgIpc) is 2.55. The Labute approximate surface area is 166 Å². The number of nitrogens with zero attached hydrogens (tertiary/aromatic N) is 1. The molecule has 4 N–H and O–H groups in total. The van der Waals surface area contributed by atoms with Gasteiger partial charge >= 0.3 is 0 Å². The maximum atomic E-state index is 11.2. The number of hydrogen-bond acceptors (Lipinski definition) is 3. The minimum Gasteiger partial charge on any atom is -0.352 e. The van der Waals surface area contributed by atoms with Crippen molar-refractivity contribution < 1.29 is 8.42 Å². The van der Waals surface area contributed by atoms with Gasteiger partial charge in [0.25, 0.3) is 0 Å². The molecule has 6 nitrogen and oxygen atoms in total. The maximum Gasteiger partial charge on any atom is 0.238 e. The normalized spacial score (nSPS) is 11.6. The van der Waals surface area contributed by atoms with E-state index in [1.165, 1.54) is 23.3 Å². The van der Waals surface area contributed by atoms with Crippen molar-refractivity contribution in [1.82, 2.24) is 10.6 Å². The molecule has 0 heterocycles. The summed E-state index contributed by atoms with van der Waals surface area (Å²) in [5.41, 5.74) is 3.32. The SMILES string of the molecule is CN=C(NCc1ccc(S(N)(=O)=O)cc1)NCc1cccc(C)c1.I. The molecule has 0 aliphatic heterocycles. The molecule has 0 radical (unpaired) electrons. The molecule has 0 aliphatic rings. The van der Waals surface area contributed by atoms with Gasteiger partial charge in [0, 0.05) is 20.1 Å². The van der Waals surface area contributed by atoms with Gasteiger partial charge in [0.1, 0.15) is 0 Å². The molecule has 25 heavy (non-hydrogen) atoms. The third kappa shape index (κ3) is 7.00. The molecule has 0 aliphatic carbocycles. The number of nitrogens with one attached hydrogen (secondary N) is 2. The molecule has 0 amide bonds. The largest absolute Gasteiger partial charge is 0.352 e. The molecule has 2 rings (SSSR count). The van der Waals surface area contributed by atoms with Crippen LogP contribution in [0.1, 0.15) is 16.7 Å². The predicted octanol–water partition coefficient (Wildman–Crippen LogP) is 2.13. The van der Waals surface area contributed by atoms with E-state index in [2.05, 4.69) is 40.7 Å². The Morgan fingerprint density at radius 2 is 1.64 bits per heavy atom. The molecule has 0 unspecified atom stereocenters. The lowest BCUT2D eigenvalue weighted by molar-refractivity contribution is 0.597. The van der Waals surface area contributed by atoms with Crippen molar-refractivity contribution in [1.29, 1.82) is 0 Å². The van der Waals surface area contributed by atoms with E-state index in [9.17, 15) is 8.42 Å². The summed E-state index contributed by atoms with van der Waals surface area (Å²) in [6.07, 6.45) is 0. The van der Waals surface area contributed by atoms with Crippen molar-refractivity contribution in [2.45, 2.75) is 24.9 Å². The molecule has 0 aromatic heterocycles. The zero-order chi connectivity index (χ0) is 17.6. The fraction of sp³-hybridized carbons (Fsp3) is 0.235. The number of aliphatic imine (C=N–C) groups is 1.